The van der Waals surface area contributed by atoms with Crippen LogP contribution in [-0.4, -0.2) is 56.3 Å². The van der Waals surface area contributed by atoms with E-state index < -0.39 is 40.1 Å². The molecule has 0 radical (unpaired) electrons. The molecule has 3 heterocycles. The van der Waals surface area contributed by atoms with Crippen molar-refractivity contribution in [1.29, 1.82) is 0 Å². The zero-order valence-corrected chi connectivity index (χ0v) is 28.4. The highest BCUT2D eigenvalue weighted by Gasteiger charge is 2.70. The molecule has 0 saturated heterocycles. The van der Waals surface area contributed by atoms with Crippen LogP contribution in [0.15, 0.2) is 96.3 Å². The fraction of sp³-hybridized carbons (Fsp3) is 0.229. The quantitative estimate of drug-likeness (QED) is 0.111. The Balaban J connectivity index is 1.27. The van der Waals surface area contributed by atoms with Gasteiger partial charge in [-0.25, -0.2) is 13.4 Å². The number of pyridine rings is 2. The van der Waals surface area contributed by atoms with Crippen LogP contribution < -0.4 is 10.0 Å². The first-order valence-electron chi connectivity index (χ1n) is 15.5. The van der Waals surface area contributed by atoms with E-state index in [0.29, 0.717) is 49.3 Å². The molecule has 52 heavy (non-hydrogen) atoms. The number of rotatable bonds is 9. The predicted molar refractivity (Wildman–Crippen MR) is 182 cm³/mol. The number of nitrogens with zero attached hydrogens (tertiary/aromatic N) is 4. The molecule has 3 aromatic carbocycles. The minimum Gasteiger partial charge on any atom is -0.386 e. The topological polar surface area (TPSA) is 142 Å². The van der Waals surface area contributed by atoms with E-state index in [2.05, 4.69) is 25.1 Å². The zero-order chi connectivity index (χ0) is 37.9. The third-order valence-corrected chi connectivity index (χ3v) is 9.97. The predicted octanol–water partition coefficient (Wildman–Crippen LogP) is 7.58. The number of sulfonamides is 1. The van der Waals surface area contributed by atoms with Gasteiger partial charge in [-0.3, -0.25) is 14.4 Å². The number of alkyl halides is 6. The largest absolute Gasteiger partial charge is 0.428 e. The van der Waals surface area contributed by atoms with Gasteiger partial charge in [-0.15, -0.1) is 0 Å². The van der Waals surface area contributed by atoms with Crippen LogP contribution in [0.5, 0.6) is 0 Å². The molecule has 4 N–H and O–H groups in total. The van der Waals surface area contributed by atoms with Gasteiger partial charge in [0.25, 0.3) is 15.6 Å². The van der Waals surface area contributed by atoms with E-state index in [0.717, 1.165) is 6.20 Å². The SMILES string of the molecule is Cc1c(-c2nccc3cnc(Nc4ccc(S(=O)(=O)Nc5cccc(C(C)(C)O)c5)cc4)cc23)ccc2c1cnn2CC(O)(C(F)(F)F)C(F)(F)F. The Morgan fingerprint density at radius 2 is 1.50 bits per heavy atom. The van der Waals surface area contributed by atoms with Crippen molar-refractivity contribution in [3.63, 3.8) is 0 Å². The number of aryl methyl sites for hydroxylation is 1. The van der Waals surface area contributed by atoms with Crippen LogP contribution in [0.25, 0.3) is 32.9 Å². The average Bonchev–Trinajstić information content (AvgIpc) is 3.46. The van der Waals surface area contributed by atoms with Gasteiger partial charge in [0.2, 0.25) is 0 Å². The maximum Gasteiger partial charge on any atom is 0.428 e. The summed E-state index contributed by atoms with van der Waals surface area (Å²) in [5.41, 5.74) is -3.49. The highest BCUT2D eigenvalue weighted by molar-refractivity contribution is 7.92. The van der Waals surface area contributed by atoms with Crippen molar-refractivity contribution in [2.24, 2.45) is 0 Å². The minimum atomic E-state index is -6.01. The summed E-state index contributed by atoms with van der Waals surface area (Å²) in [6.45, 7) is 2.91. The van der Waals surface area contributed by atoms with Crippen LogP contribution in [0, 0.1) is 6.92 Å². The minimum absolute atomic E-state index is 0.0136. The standard InChI is InChI=1S/C35H30F6N6O4S/c1-20-26(11-12-29-28(20)18-44-47(29)19-33(49,34(36,37)38)35(39,40)41)31-27-16-30(43-17-21(27)13-14-42-31)45-23-7-9-25(10-8-23)52(50,51)46-24-6-4-5-22(15-24)32(2,3)48/h4-18,46,48-49H,19H2,1-3H3,(H,43,45). The Morgan fingerprint density at radius 3 is 2.15 bits per heavy atom. The molecule has 0 spiro atoms. The number of halogens is 6. The number of nitrogens with one attached hydrogen (secondary N) is 2. The van der Waals surface area contributed by atoms with Crippen molar-refractivity contribution in [3.8, 4) is 11.3 Å². The number of hydrogen-bond donors (Lipinski definition) is 4. The van der Waals surface area contributed by atoms with Crippen LogP contribution in [0.3, 0.4) is 0 Å². The van der Waals surface area contributed by atoms with Crippen LogP contribution in [0.1, 0.15) is 25.0 Å². The maximum atomic E-state index is 13.4. The second-order valence-corrected chi connectivity index (χ2v) is 14.4. The Hall–Kier alpha value is -5.26. The molecule has 6 rings (SSSR count). The average molecular weight is 745 g/mol. The second kappa shape index (κ2) is 12.8. The first-order chi connectivity index (χ1) is 24.2. The summed E-state index contributed by atoms with van der Waals surface area (Å²) < 4.78 is 109. The van der Waals surface area contributed by atoms with Gasteiger partial charge in [-0.2, -0.15) is 31.4 Å². The molecule has 0 aliphatic carbocycles. The van der Waals surface area contributed by atoms with Crippen molar-refractivity contribution in [3.05, 3.63) is 103 Å². The number of anilines is 3. The molecule has 17 heteroatoms. The van der Waals surface area contributed by atoms with Gasteiger partial charge in [0.15, 0.2) is 0 Å². The van der Waals surface area contributed by atoms with Crippen LogP contribution in [-0.2, 0) is 22.2 Å². The molecule has 10 nitrogen and oxygen atoms in total. The Kier molecular flexibility index (Phi) is 8.96. The van der Waals surface area contributed by atoms with Crippen molar-refractivity contribution in [1.82, 2.24) is 19.7 Å². The van der Waals surface area contributed by atoms with Gasteiger partial charge in [-0.1, -0.05) is 18.2 Å². The molecule has 6 aromatic rings. The van der Waals surface area contributed by atoms with Crippen LogP contribution >= 0.6 is 0 Å². The number of aromatic nitrogens is 4. The molecule has 0 amide bonds. The molecule has 0 bridgehead atoms. The number of fused-ring (bicyclic) bond motifs is 2. The molecule has 0 unspecified atom stereocenters. The number of hydrogen-bond acceptors (Lipinski definition) is 8. The first-order valence-corrected chi connectivity index (χ1v) is 17.0. The lowest BCUT2D eigenvalue weighted by Crippen LogP contribution is -2.59. The molecular formula is C35H30F6N6O4S. The lowest BCUT2D eigenvalue weighted by atomic mass is 9.98. The summed E-state index contributed by atoms with van der Waals surface area (Å²) in [5, 5.41) is 28.4. The monoisotopic (exact) mass is 744 g/mol. The lowest BCUT2D eigenvalue weighted by Gasteiger charge is -2.32. The normalized spacial score (nSPS) is 13.1. The molecule has 0 atom stereocenters. The summed E-state index contributed by atoms with van der Waals surface area (Å²) in [4.78, 5) is 8.92. The van der Waals surface area contributed by atoms with Gasteiger partial charge in [0.1, 0.15) is 5.82 Å². The van der Waals surface area contributed by atoms with Gasteiger partial charge in [-0.05, 0) is 86.5 Å². The van der Waals surface area contributed by atoms with E-state index in [1.54, 1.807) is 75.5 Å². The fourth-order valence-corrected chi connectivity index (χ4v) is 6.67. The summed E-state index contributed by atoms with van der Waals surface area (Å²) >= 11 is 0. The van der Waals surface area contributed by atoms with E-state index >= 15 is 0 Å². The zero-order valence-electron chi connectivity index (χ0n) is 27.5. The van der Waals surface area contributed by atoms with Crippen LogP contribution in [0.2, 0.25) is 0 Å². The highest BCUT2D eigenvalue weighted by atomic mass is 32.2. The van der Waals surface area contributed by atoms with Gasteiger partial charge >= 0.3 is 12.4 Å². The van der Waals surface area contributed by atoms with Crippen molar-refractivity contribution < 1.29 is 45.0 Å². The van der Waals surface area contributed by atoms with Crippen molar-refractivity contribution >= 4 is 48.9 Å². The Bertz CT molecular complexity index is 2390. The Labute approximate surface area is 292 Å². The summed E-state index contributed by atoms with van der Waals surface area (Å²) in [6, 6.07) is 18.6. The van der Waals surface area contributed by atoms with E-state index in [1.165, 1.54) is 30.5 Å². The van der Waals surface area contributed by atoms with Gasteiger partial charge in [0.05, 0.1) is 34.4 Å². The van der Waals surface area contributed by atoms with E-state index in [1.807, 2.05) is 0 Å². The molecular weight excluding hydrogens is 714 g/mol. The molecule has 0 saturated carbocycles. The lowest BCUT2D eigenvalue weighted by molar-refractivity contribution is -0.372. The summed E-state index contributed by atoms with van der Waals surface area (Å²) in [6.07, 6.45) is -7.77. The van der Waals surface area contributed by atoms with Gasteiger partial charge in [0, 0.05) is 45.5 Å². The number of benzene rings is 3. The van der Waals surface area contributed by atoms with Crippen molar-refractivity contribution in [2.75, 3.05) is 10.0 Å². The van der Waals surface area contributed by atoms with E-state index in [-0.39, 0.29) is 21.5 Å². The highest BCUT2D eigenvalue weighted by Crippen LogP contribution is 2.45. The Morgan fingerprint density at radius 1 is 0.808 bits per heavy atom. The fourth-order valence-electron chi connectivity index (χ4n) is 5.62. The molecule has 272 valence electrons. The van der Waals surface area contributed by atoms with Crippen molar-refractivity contribution in [2.45, 2.75) is 55.8 Å². The second-order valence-electron chi connectivity index (χ2n) is 12.7. The van der Waals surface area contributed by atoms with E-state index in [9.17, 15) is 45.0 Å². The van der Waals surface area contributed by atoms with E-state index in [4.69, 9.17) is 0 Å². The van der Waals surface area contributed by atoms with Crippen LogP contribution in [0.4, 0.5) is 43.5 Å². The first kappa shape index (κ1) is 36.5. The number of aliphatic hydroxyl groups is 2. The molecule has 3 aromatic heterocycles. The molecule has 0 aliphatic rings. The maximum absolute atomic E-state index is 13.4. The molecule has 0 aliphatic heterocycles. The summed E-state index contributed by atoms with van der Waals surface area (Å²) in [7, 11) is -3.97. The van der Waals surface area contributed by atoms with Gasteiger partial charge < -0.3 is 15.5 Å². The summed E-state index contributed by atoms with van der Waals surface area (Å²) in [5.74, 6) is 0.365. The third kappa shape index (κ3) is 6.86. The third-order valence-electron chi connectivity index (χ3n) is 8.57. The smallest absolute Gasteiger partial charge is 0.386 e. The molecule has 0 fully saturated rings.